The Morgan fingerprint density at radius 3 is 2.62 bits per heavy atom. The number of nitrogens with two attached hydrogens (primary N) is 1. The molecule has 0 spiro atoms. The van der Waals surface area contributed by atoms with E-state index < -0.39 is 17.2 Å². The third-order valence-electron chi connectivity index (χ3n) is 5.36. The van der Waals surface area contributed by atoms with Crippen molar-refractivity contribution in [2.45, 2.75) is 33.2 Å². The Bertz CT molecular complexity index is 1290. The number of H-pyrrole nitrogens is 1. The highest BCUT2D eigenvalue weighted by Crippen LogP contribution is 2.29. The number of benzene rings is 1. The number of anilines is 1. The molecule has 3 heterocycles. The molecule has 0 aliphatic rings. The quantitative estimate of drug-likeness (QED) is 0.549. The van der Waals surface area contributed by atoms with Crippen molar-refractivity contribution in [1.82, 2.24) is 24.5 Å². The Kier molecular flexibility index (Phi) is 4.52. The van der Waals surface area contributed by atoms with Gasteiger partial charge < -0.3 is 15.3 Å². The first-order valence-corrected chi connectivity index (χ1v) is 9.25. The van der Waals surface area contributed by atoms with Gasteiger partial charge in [-0.15, -0.1) is 0 Å². The van der Waals surface area contributed by atoms with Gasteiger partial charge in [-0.25, -0.2) is 23.7 Å². The summed E-state index contributed by atoms with van der Waals surface area (Å²) in [4.78, 5) is 27.9. The Hall–Kier alpha value is -3.36. The van der Waals surface area contributed by atoms with Crippen LogP contribution in [0, 0.1) is 17.6 Å². The minimum Gasteiger partial charge on any atom is -0.394 e. The van der Waals surface area contributed by atoms with E-state index in [2.05, 4.69) is 33.8 Å². The van der Waals surface area contributed by atoms with Crippen molar-refractivity contribution in [2.24, 2.45) is 5.92 Å². The highest BCUT2D eigenvalue weighted by Gasteiger charge is 2.23. The van der Waals surface area contributed by atoms with Crippen molar-refractivity contribution in [3.63, 3.8) is 0 Å². The van der Waals surface area contributed by atoms with Crippen molar-refractivity contribution in [3.8, 4) is 0 Å². The predicted octanol–water partition coefficient (Wildman–Crippen LogP) is 3.34. The van der Waals surface area contributed by atoms with Crippen molar-refractivity contribution < 1.29 is 8.78 Å². The molecule has 150 valence electrons. The first kappa shape index (κ1) is 19.0. The van der Waals surface area contributed by atoms with Crippen LogP contribution in [0.2, 0.25) is 0 Å². The van der Waals surface area contributed by atoms with E-state index in [0.717, 1.165) is 11.9 Å². The molecule has 1 unspecified atom stereocenters. The molecule has 0 amide bonds. The highest BCUT2D eigenvalue weighted by atomic mass is 19.2. The molecule has 29 heavy (non-hydrogen) atoms. The second kappa shape index (κ2) is 6.91. The van der Waals surface area contributed by atoms with Crippen LogP contribution >= 0.6 is 0 Å². The van der Waals surface area contributed by atoms with Gasteiger partial charge in [0, 0.05) is 29.3 Å². The van der Waals surface area contributed by atoms with Gasteiger partial charge in [0.1, 0.15) is 11.5 Å². The number of pyridine rings is 1. The molecule has 0 aliphatic carbocycles. The number of halogens is 2. The van der Waals surface area contributed by atoms with Crippen molar-refractivity contribution in [2.75, 3.05) is 5.73 Å². The zero-order valence-corrected chi connectivity index (χ0v) is 16.2. The largest absolute Gasteiger partial charge is 0.394 e. The number of aromatic nitrogens is 5. The molecule has 9 heteroatoms. The van der Waals surface area contributed by atoms with Crippen LogP contribution < -0.4 is 11.3 Å². The fourth-order valence-corrected chi connectivity index (χ4v) is 3.39. The molecule has 4 rings (SSSR count). The van der Waals surface area contributed by atoms with Gasteiger partial charge >= 0.3 is 0 Å². The second-order valence-corrected chi connectivity index (χ2v) is 7.42. The summed E-state index contributed by atoms with van der Waals surface area (Å²) in [5, 5.41) is 0.329. The zero-order valence-electron chi connectivity index (χ0n) is 16.2. The summed E-state index contributed by atoms with van der Waals surface area (Å²) in [6.45, 7) is 6.31. The van der Waals surface area contributed by atoms with E-state index in [1.165, 1.54) is 6.07 Å². The third kappa shape index (κ3) is 3.02. The lowest BCUT2D eigenvalue weighted by Crippen LogP contribution is -2.19. The van der Waals surface area contributed by atoms with Gasteiger partial charge in [-0.2, -0.15) is 0 Å². The summed E-state index contributed by atoms with van der Waals surface area (Å²) >= 11 is 0. The van der Waals surface area contributed by atoms with Crippen LogP contribution in [0.4, 0.5) is 14.5 Å². The van der Waals surface area contributed by atoms with E-state index in [9.17, 15) is 13.6 Å². The maximum absolute atomic E-state index is 14.3. The molecule has 4 aromatic rings. The first-order valence-electron chi connectivity index (χ1n) is 9.25. The lowest BCUT2D eigenvalue weighted by atomic mass is 9.97. The lowest BCUT2D eigenvalue weighted by molar-refractivity contribution is 0.493. The Morgan fingerprint density at radius 1 is 1.17 bits per heavy atom. The molecule has 3 aromatic heterocycles. The maximum Gasteiger partial charge on any atom is 0.272 e. The summed E-state index contributed by atoms with van der Waals surface area (Å²) in [6.07, 6.45) is 3.11. The summed E-state index contributed by atoms with van der Waals surface area (Å²) in [7, 11) is 0. The van der Waals surface area contributed by atoms with Crippen LogP contribution in [0.25, 0.3) is 22.2 Å². The fraction of sp³-hybridized carbons (Fsp3) is 0.300. The second-order valence-electron chi connectivity index (χ2n) is 7.42. The van der Waals surface area contributed by atoms with Gasteiger partial charge in [0.05, 0.1) is 12.1 Å². The van der Waals surface area contributed by atoms with Crippen LogP contribution in [-0.4, -0.2) is 24.5 Å². The summed E-state index contributed by atoms with van der Waals surface area (Å²) in [6, 6.07) is 2.42. The van der Waals surface area contributed by atoms with E-state index in [4.69, 9.17) is 5.73 Å². The lowest BCUT2D eigenvalue weighted by Gasteiger charge is -2.18. The number of nitrogens with zero attached hydrogens (tertiary/aromatic N) is 4. The summed E-state index contributed by atoms with van der Waals surface area (Å²) in [5.41, 5.74) is 6.49. The molecule has 1 aromatic carbocycles. The SMILES string of the molecule is CC(C)C(C)c1nc2nccnc2n1Cc1c(N)c(=O)[nH]c2c(F)c(F)ccc12. The van der Waals surface area contributed by atoms with Gasteiger partial charge in [-0.05, 0) is 18.1 Å². The smallest absolute Gasteiger partial charge is 0.272 e. The normalized spacial score (nSPS) is 12.9. The van der Waals surface area contributed by atoms with Gasteiger partial charge in [0.15, 0.2) is 22.9 Å². The summed E-state index contributed by atoms with van der Waals surface area (Å²) < 4.78 is 29.8. The minimum atomic E-state index is -1.12. The average Bonchev–Trinajstić information content (AvgIpc) is 3.06. The van der Waals surface area contributed by atoms with Crippen molar-refractivity contribution in [1.29, 1.82) is 0 Å². The van der Waals surface area contributed by atoms with Crippen molar-refractivity contribution >= 4 is 27.9 Å². The Morgan fingerprint density at radius 2 is 1.90 bits per heavy atom. The van der Waals surface area contributed by atoms with Gasteiger partial charge in [0.2, 0.25) is 0 Å². The number of hydrogen-bond donors (Lipinski definition) is 2. The predicted molar refractivity (Wildman–Crippen MR) is 107 cm³/mol. The molecular weight excluding hydrogens is 378 g/mol. The average molecular weight is 398 g/mol. The molecular formula is C20H20F2N6O. The zero-order chi connectivity index (χ0) is 20.9. The maximum atomic E-state index is 14.3. The number of hydrogen-bond acceptors (Lipinski definition) is 5. The molecule has 0 fully saturated rings. The fourth-order valence-electron chi connectivity index (χ4n) is 3.39. The first-order chi connectivity index (χ1) is 13.8. The topological polar surface area (TPSA) is 102 Å². The van der Waals surface area contributed by atoms with Crippen molar-refractivity contribution in [3.05, 3.63) is 57.9 Å². The Labute approximate surface area is 164 Å². The standard InChI is InChI=1S/C20H20F2N6O/c1-9(2)10(3)18-27-17-19(25-7-6-24-17)28(18)8-12-11-4-5-13(21)14(22)16(11)26-20(29)15(12)23/h4-7,9-10H,8,23H2,1-3H3,(H,26,29). The van der Waals surface area contributed by atoms with Crippen LogP contribution in [0.5, 0.6) is 0 Å². The molecule has 0 saturated heterocycles. The Balaban J connectivity index is 2.00. The molecule has 7 nitrogen and oxygen atoms in total. The van der Waals surface area contributed by atoms with Gasteiger partial charge in [-0.1, -0.05) is 20.8 Å². The molecule has 0 radical (unpaired) electrons. The number of fused-ring (bicyclic) bond motifs is 2. The van der Waals surface area contributed by atoms with Gasteiger partial charge in [0.25, 0.3) is 5.56 Å². The highest BCUT2D eigenvalue weighted by molar-refractivity contribution is 5.86. The minimum absolute atomic E-state index is 0.0580. The molecule has 3 N–H and O–H groups in total. The number of nitrogens with one attached hydrogen (secondary N) is 1. The van der Waals surface area contributed by atoms with Gasteiger partial charge in [-0.3, -0.25) is 4.79 Å². The van der Waals surface area contributed by atoms with E-state index >= 15 is 0 Å². The van der Waals surface area contributed by atoms with E-state index in [1.807, 2.05) is 11.5 Å². The number of aromatic amines is 1. The van der Waals surface area contributed by atoms with E-state index in [1.54, 1.807) is 12.4 Å². The molecule has 0 bridgehead atoms. The molecule has 0 aliphatic heterocycles. The summed E-state index contributed by atoms with van der Waals surface area (Å²) in [5.74, 6) is -1.08. The monoisotopic (exact) mass is 398 g/mol. The van der Waals surface area contributed by atoms with Crippen LogP contribution in [-0.2, 0) is 6.54 Å². The molecule has 0 saturated carbocycles. The third-order valence-corrected chi connectivity index (χ3v) is 5.36. The van der Waals surface area contributed by atoms with Crippen LogP contribution in [0.1, 0.15) is 38.1 Å². The van der Waals surface area contributed by atoms with E-state index in [-0.39, 0.29) is 29.6 Å². The molecule has 1 atom stereocenters. The van der Waals surface area contributed by atoms with Crippen LogP contribution in [0.3, 0.4) is 0 Å². The number of rotatable bonds is 4. The number of imidazole rings is 1. The van der Waals surface area contributed by atoms with Crippen LogP contribution in [0.15, 0.2) is 29.3 Å². The van der Waals surface area contributed by atoms with E-state index in [0.29, 0.717) is 22.2 Å². The number of nitrogen functional groups attached to an aromatic ring is 1.